The molecular weight excluding hydrogens is 200 g/mol. The van der Waals surface area contributed by atoms with Crippen LogP contribution in [0, 0.1) is 12.3 Å². The summed E-state index contributed by atoms with van der Waals surface area (Å²) in [4.78, 5) is 0. The van der Waals surface area contributed by atoms with Gasteiger partial charge in [0.25, 0.3) is 0 Å². The van der Waals surface area contributed by atoms with Gasteiger partial charge >= 0.3 is 0 Å². The lowest BCUT2D eigenvalue weighted by molar-refractivity contribution is 0.0856. The summed E-state index contributed by atoms with van der Waals surface area (Å²) >= 11 is 5.76. The highest BCUT2D eigenvalue weighted by atomic mass is 35.5. The standard InChI is InChI=1S/C11H11ClO2/c1-3-11(13)8(2)14-10-6-4-5-9(12)7-10/h1,4-8,11,13H,2H3. The van der Waals surface area contributed by atoms with E-state index in [1.165, 1.54) is 0 Å². The second-order valence-electron chi connectivity index (χ2n) is 2.89. The molecular formula is C11H11ClO2. The predicted octanol–water partition coefficient (Wildman–Crippen LogP) is 2.10. The maximum absolute atomic E-state index is 9.26. The zero-order valence-electron chi connectivity index (χ0n) is 7.77. The van der Waals surface area contributed by atoms with Crippen LogP contribution in [0.15, 0.2) is 24.3 Å². The van der Waals surface area contributed by atoms with E-state index in [0.717, 1.165) is 0 Å². The van der Waals surface area contributed by atoms with E-state index < -0.39 is 12.2 Å². The van der Waals surface area contributed by atoms with Crippen LogP contribution < -0.4 is 4.74 Å². The zero-order valence-corrected chi connectivity index (χ0v) is 8.53. The Morgan fingerprint density at radius 2 is 2.29 bits per heavy atom. The van der Waals surface area contributed by atoms with Crippen molar-refractivity contribution in [2.45, 2.75) is 19.1 Å². The van der Waals surface area contributed by atoms with Gasteiger partial charge < -0.3 is 9.84 Å². The van der Waals surface area contributed by atoms with Crippen molar-refractivity contribution in [1.82, 2.24) is 0 Å². The van der Waals surface area contributed by atoms with E-state index in [9.17, 15) is 5.11 Å². The molecule has 0 aliphatic rings. The fraction of sp³-hybridized carbons (Fsp3) is 0.273. The van der Waals surface area contributed by atoms with E-state index in [0.29, 0.717) is 10.8 Å². The molecule has 2 atom stereocenters. The minimum absolute atomic E-state index is 0.446. The molecule has 1 aromatic rings. The van der Waals surface area contributed by atoms with Crippen molar-refractivity contribution in [2.75, 3.05) is 0 Å². The third-order valence-electron chi connectivity index (χ3n) is 1.73. The summed E-state index contributed by atoms with van der Waals surface area (Å²) in [6, 6.07) is 6.94. The summed E-state index contributed by atoms with van der Waals surface area (Å²) in [5.41, 5.74) is 0. The first kappa shape index (κ1) is 10.9. The van der Waals surface area contributed by atoms with Crippen molar-refractivity contribution in [2.24, 2.45) is 0 Å². The number of hydrogen-bond acceptors (Lipinski definition) is 2. The highest BCUT2D eigenvalue weighted by molar-refractivity contribution is 6.30. The van der Waals surface area contributed by atoms with Crippen LogP contribution >= 0.6 is 11.6 Å². The first-order chi connectivity index (χ1) is 6.63. The number of aliphatic hydroxyl groups excluding tert-OH is 1. The molecule has 14 heavy (non-hydrogen) atoms. The molecule has 0 saturated carbocycles. The van der Waals surface area contributed by atoms with Gasteiger partial charge in [0, 0.05) is 5.02 Å². The van der Waals surface area contributed by atoms with Gasteiger partial charge in [-0.05, 0) is 25.1 Å². The molecule has 1 rings (SSSR count). The number of aliphatic hydroxyl groups is 1. The summed E-state index contributed by atoms with van der Waals surface area (Å²) in [5.74, 6) is 2.79. The molecule has 0 bridgehead atoms. The third-order valence-corrected chi connectivity index (χ3v) is 1.97. The van der Waals surface area contributed by atoms with Crippen molar-refractivity contribution in [3.05, 3.63) is 29.3 Å². The van der Waals surface area contributed by atoms with Gasteiger partial charge in [-0.2, -0.15) is 0 Å². The molecule has 0 heterocycles. The average Bonchev–Trinajstić information content (AvgIpc) is 2.16. The minimum atomic E-state index is -0.908. The molecule has 0 amide bonds. The minimum Gasteiger partial charge on any atom is -0.487 e. The van der Waals surface area contributed by atoms with Gasteiger partial charge in [-0.25, -0.2) is 0 Å². The van der Waals surface area contributed by atoms with Crippen LogP contribution in [0.1, 0.15) is 6.92 Å². The van der Waals surface area contributed by atoms with E-state index >= 15 is 0 Å². The van der Waals surface area contributed by atoms with E-state index in [1.807, 2.05) is 0 Å². The van der Waals surface area contributed by atoms with Crippen molar-refractivity contribution in [3.63, 3.8) is 0 Å². The predicted molar refractivity (Wildman–Crippen MR) is 56.4 cm³/mol. The van der Waals surface area contributed by atoms with Crippen LogP contribution in [0.5, 0.6) is 5.75 Å². The molecule has 0 fully saturated rings. The molecule has 1 N–H and O–H groups in total. The van der Waals surface area contributed by atoms with Crippen LogP contribution in [0.4, 0.5) is 0 Å². The summed E-state index contributed by atoms with van der Waals surface area (Å²) in [6.45, 7) is 1.70. The largest absolute Gasteiger partial charge is 0.487 e. The summed E-state index contributed by atoms with van der Waals surface area (Å²) < 4.78 is 5.37. The Morgan fingerprint density at radius 3 is 2.86 bits per heavy atom. The maximum atomic E-state index is 9.26. The Kier molecular flexibility index (Phi) is 3.82. The summed E-state index contributed by atoms with van der Waals surface area (Å²) in [5, 5.41) is 9.85. The summed E-state index contributed by atoms with van der Waals surface area (Å²) in [6.07, 6.45) is 3.70. The van der Waals surface area contributed by atoms with Gasteiger partial charge in [0.05, 0.1) is 0 Å². The van der Waals surface area contributed by atoms with Crippen LogP contribution in [0.3, 0.4) is 0 Å². The Balaban J connectivity index is 2.65. The van der Waals surface area contributed by atoms with Crippen LogP contribution in [-0.2, 0) is 0 Å². The Hall–Kier alpha value is -1.17. The molecule has 0 aliphatic heterocycles. The smallest absolute Gasteiger partial charge is 0.150 e. The maximum Gasteiger partial charge on any atom is 0.150 e. The van der Waals surface area contributed by atoms with Gasteiger partial charge in [0.2, 0.25) is 0 Å². The Morgan fingerprint density at radius 1 is 1.57 bits per heavy atom. The molecule has 0 spiro atoms. The van der Waals surface area contributed by atoms with E-state index in [-0.39, 0.29) is 0 Å². The fourth-order valence-corrected chi connectivity index (χ4v) is 1.14. The fourth-order valence-electron chi connectivity index (χ4n) is 0.955. The first-order valence-electron chi connectivity index (χ1n) is 4.20. The SMILES string of the molecule is C#CC(O)C(C)Oc1cccc(Cl)c1. The van der Waals surface area contributed by atoms with Crippen LogP contribution in [0.25, 0.3) is 0 Å². The lowest BCUT2D eigenvalue weighted by Gasteiger charge is -2.16. The highest BCUT2D eigenvalue weighted by Crippen LogP contribution is 2.18. The lowest BCUT2D eigenvalue weighted by atomic mass is 10.2. The second kappa shape index (κ2) is 4.90. The Labute approximate surface area is 88.5 Å². The Bertz CT molecular complexity index is 343. The van der Waals surface area contributed by atoms with Gasteiger partial charge in [-0.1, -0.05) is 23.6 Å². The van der Waals surface area contributed by atoms with Crippen molar-refractivity contribution < 1.29 is 9.84 Å². The average molecular weight is 211 g/mol. The van der Waals surface area contributed by atoms with Crippen molar-refractivity contribution in [3.8, 4) is 18.1 Å². The number of ether oxygens (including phenoxy) is 1. The topological polar surface area (TPSA) is 29.5 Å². The monoisotopic (exact) mass is 210 g/mol. The molecule has 0 aliphatic carbocycles. The number of halogens is 1. The van der Waals surface area contributed by atoms with E-state index in [4.69, 9.17) is 22.8 Å². The number of terminal acetylenes is 1. The quantitative estimate of drug-likeness (QED) is 0.775. The highest BCUT2D eigenvalue weighted by Gasteiger charge is 2.12. The molecule has 0 radical (unpaired) electrons. The van der Waals surface area contributed by atoms with Crippen LogP contribution in [0.2, 0.25) is 5.02 Å². The molecule has 0 saturated heterocycles. The van der Waals surface area contributed by atoms with Gasteiger partial charge in [-0.3, -0.25) is 0 Å². The number of benzene rings is 1. The zero-order chi connectivity index (χ0) is 10.6. The number of rotatable bonds is 3. The third kappa shape index (κ3) is 2.95. The second-order valence-corrected chi connectivity index (χ2v) is 3.33. The first-order valence-corrected chi connectivity index (χ1v) is 4.57. The summed E-state index contributed by atoms with van der Waals surface area (Å²) in [7, 11) is 0. The molecule has 2 nitrogen and oxygen atoms in total. The van der Waals surface area contributed by atoms with Crippen molar-refractivity contribution in [1.29, 1.82) is 0 Å². The normalized spacial score (nSPS) is 14.1. The molecule has 74 valence electrons. The molecule has 3 heteroatoms. The molecule has 1 aromatic carbocycles. The van der Waals surface area contributed by atoms with Gasteiger partial charge in [0.1, 0.15) is 11.9 Å². The van der Waals surface area contributed by atoms with E-state index in [1.54, 1.807) is 31.2 Å². The molecule has 2 unspecified atom stereocenters. The van der Waals surface area contributed by atoms with Gasteiger partial charge in [-0.15, -0.1) is 6.42 Å². The lowest BCUT2D eigenvalue weighted by Crippen LogP contribution is -2.26. The van der Waals surface area contributed by atoms with Crippen LogP contribution in [-0.4, -0.2) is 17.3 Å². The van der Waals surface area contributed by atoms with E-state index in [2.05, 4.69) is 5.92 Å². The number of hydrogen-bond donors (Lipinski definition) is 1. The molecule has 0 aromatic heterocycles. The van der Waals surface area contributed by atoms with Gasteiger partial charge in [0.15, 0.2) is 6.10 Å². The van der Waals surface area contributed by atoms with Crippen molar-refractivity contribution >= 4 is 11.6 Å².